The number of nitrogens with one attached hydrogen (secondary N) is 1. The monoisotopic (exact) mass is 502 g/mol. The predicted octanol–water partition coefficient (Wildman–Crippen LogP) is 5.06. The number of rotatable bonds is 7. The van der Waals surface area contributed by atoms with Gasteiger partial charge in [0.15, 0.2) is 11.5 Å². The van der Waals surface area contributed by atoms with Crippen LogP contribution < -0.4 is 14.8 Å². The number of benzene rings is 2. The summed E-state index contributed by atoms with van der Waals surface area (Å²) >= 11 is 3.67. The first-order valence-corrected chi connectivity index (χ1v) is 10.5. The predicted molar refractivity (Wildman–Crippen MR) is 126 cm³/mol. The Morgan fingerprint density at radius 2 is 1.79 bits per heavy atom. The lowest BCUT2D eigenvalue weighted by Crippen LogP contribution is -2.55. The summed E-state index contributed by atoms with van der Waals surface area (Å²) in [6.07, 6.45) is 2.66. The van der Waals surface area contributed by atoms with E-state index in [-0.39, 0.29) is 24.8 Å². The number of methoxy groups -OCH3 is 1. The zero-order valence-corrected chi connectivity index (χ0v) is 19.8. The Morgan fingerprint density at radius 3 is 2.41 bits per heavy atom. The molecule has 160 valence electrons. The summed E-state index contributed by atoms with van der Waals surface area (Å²) in [6, 6.07) is 15.0. The molecular weight excluding hydrogens is 475 g/mol. The van der Waals surface area contributed by atoms with Gasteiger partial charge >= 0.3 is 0 Å². The molecule has 5 rings (SSSR count). The molecule has 0 amide bonds. The highest BCUT2D eigenvalue weighted by molar-refractivity contribution is 9.10. The Hall–Kier alpha value is -0.980. The van der Waals surface area contributed by atoms with Crippen LogP contribution in [-0.4, -0.2) is 37.7 Å². The van der Waals surface area contributed by atoms with Crippen molar-refractivity contribution in [2.24, 2.45) is 5.92 Å². The van der Waals surface area contributed by atoms with Crippen molar-refractivity contribution in [2.45, 2.75) is 32.0 Å². The molecule has 1 atom stereocenters. The van der Waals surface area contributed by atoms with Crippen molar-refractivity contribution < 1.29 is 9.47 Å². The van der Waals surface area contributed by atoms with Crippen LogP contribution in [-0.2, 0) is 13.2 Å². The molecule has 0 spiro atoms. The molecule has 0 saturated carbocycles. The van der Waals surface area contributed by atoms with E-state index in [1.807, 2.05) is 18.2 Å². The van der Waals surface area contributed by atoms with E-state index >= 15 is 0 Å². The fourth-order valence-corrected chi connectivity index (χ4v) is 4.79. The van der Waals surface area contributed by atoms with Gasteiger partial charge in [-0.1, -0.05) is 30.3 Å². The highest BCUT2D eigenvalue weighted by atomic mass is 79.9. The quantitative estimate of drug-likeness (QED) is 0.572. The van der Waals surface area contributed by atoms with Crippen molar-refractivity contribution in [3.05, 3.63) is 58.1 Å². The minimum atomic E-state index is 0. The van der Waals surface area contributed by atoms with E-state index < -0.39 is 0 Å². The number of ether oxygens (including phenoxy) is 2. The van der Waals surface area contributed by atoms with Crippen molar-refractivity contribution in [3.63, 3.8) is 0 Å². The number of halogens is 3. The largest absolute Gasteiger partial charge is 0.493 e. The molecule has 3 fully saturated rings. The molecule has 0 radical (unpaired) electrons. The van der Waals surface area contributed by atoms with Crippen molar-refractivity contribution >= 4 is 40.7 Å². The molecule has 3 aliphatic rings. The molecule has 4 nitrogen and oxygen atoms in total. The lowest BCUT2D eigenvalue weighted by Gasteiger charge is -2.45. The van der Waals surface area contributed by atoms with Gasteiger partial charge in [-0.25, -0.2) is 0 Å². The van der Waals surface area contributed by atoms with Crippen LogP contribution in [0.2, 0.25) is 0 Å². The minimum absolute atomic E-state index is 0. The molecule has 0 aromatic heterocycles. The van der Waals surface area contributed by atoms with Gasteiger partial charge in [-0.05, 0) is 71.0 Å². The van der Waals surface area contributed by atoms with Crippen molar-refractivity contribution in [2.75, 3.05) is 26.7 Å². The van der Waals surface area contributed by atoms with Gasteiger partial charge in [-0.15, -0.1) is 24.8 Å². The first-order valence-electron chi connectivity index (χ1n) is 9.72. The van der Waals surface area contributed by atoms with E-state index in [1.54, 1.807) is 7.11 Å². The normalized spacial score (nSPS) is 22.3. The Kier molecular flexibility index (Phi) is 9.57. The van der Waals surface area contributed by atoms with E-state index in [0.717, 1.165) is 34.0 Å². The van der Waals surface area contributed by atoms with Crippen molar-refractivity contribution in [1.82, 2.24) is 10.2 Å². The van der Waals surface area contributed by atoms with E-state index in [2.05, 4.69) is 50.4 Å². The average Bonchev–Trinajstić information content (AvgIpc) is 2.72. The molecular formula is C22H29BrCl2N2O2. The second kappa shape index (κ2) is 11.4. The summed E-state index contributed by atoms with van der Waals surface area (Å²) in [4.78, 5) is 2.58. The molecule has 3 aliphatic heterocycles. The fourth-order valence-electron chi connectivity index (χ4n) is 4.19. The average molecular weight is 504 g/mol. The topological polar surface area (TPSA) is 33.7 Å². The Bertz CT molecular complexity index is 771. The highest BCUT2D eigenvalue weighted by Gasteiger charge is 2.33. The first-order chi connectivity index (χ1) is 13.2. The minimum Gasteiger partial charge on any atom is -0.493 e. The SMILES string of the molecule is COc1cc(CNC2CN3CCC2CC3)cc(Br)c1OCc1ccccc1.Cl.Cl. The maximum absolute atomic E-state index is 6.04. The lowest BCUT2D eigenvalue weighted by atomic mass is 9.84. The van der Waals surface area contributed by atoms with E-state index in [0.29, 0.717) is 12.6 Å². The summed E-state index contributed by atoms with van der Waals surface area (Å²) < 4.78 is 12.6. The summed E-state index contributed by atoms with van der Waals surface area (Å²) in [5, 5.41) is 3.77. The number of hydrogen-bond acceptors (Lipinski definition) is 4. The highest BCUT2D eigenvalue weighted by Crippen LogP contribution is 2.37. The van der Waals surface area contributed by atoms with Gasteiger partial charge in [0.2, 0.25) is 0 Å². The maximum Gasteiger partial charge on any atom is 0.175 e. The summed E-state index contributed by atoms with van der Waals surface area (Å²) in [5.74, 6) is 2.35. The second-order valence-electron chi connectivity index (χ2n) is 7.51. The first kappa shape index (κ1) is 24.3. The van der Waals surface area contributed by atoms with Crippen LogP contribution in [0.25, 0.3) is 0 Å². The third kappa shape index (κ3) is 6.02. The molecule has 2 aromatic carbocycles. The van der Waals surface area contributed by atoms with E-state index in [1.165, 1.54) is 38.0 Å². The van der Waals surface area contributed by atoms with Gasteiger partial charge in [0.1, 0.15) is 6.61 Å². The number of hydrogen-bond donors (Lipinski definition) is 1. The van der Waals surface area contributed by atoms with E-state index in [4.69, 9.17) is 9.47 Å². The molecule has 7 heteroatoms. The van der Waals surface area contributed by atoms with Gasteiger partial charge in [-0.3, -0.25) is 0 Å². The standard InChI is InChI=1S/C22H27BrN2O2.2ClH/c1-26-21-12-17(13-24-20-14-25-9-7-18(20)8-10-25)11-19(23)22(21)27-15-16-5-3-2-4-6-16;;/h2-6,11-12,18,20,24H,7-10,13-15H2,1H3;2*1H. The Labute approximate surface area is 194 Å². The van der Waals surface area contributed by atoms with Crippen LogP contribution in [0.5, 0.6) is 11.5 Å². The smallest absolute Gasteiger partial charge is 0.175 e. The van der Waals surface area contributed by atoms with E-state index in [9.17, 15) is 0 Å². The number of piperidine rings is 3. The van der Waals surface area contributed by atoms with Crippen molar-refractivity contribution in [3.8, 4) is 11.5 Å². The molecule has 29 heavy (non-hydrogen) atoms. The summed E-state index contributed by atoms with van der Waals surface area (Å²) in [7, 11) is 1.70. The zero-order valence-electron chi connectivity index (χ0n) is 16.6. The number of fused-ring (bicyclic) bond motifs is 3. The van der Waals surface area contributed by atoms with Gasteiger partial charge in [0.25, 0.3) is 0 Å². The van der Waals surface area contributed by atoms with Crippen LogP contribution in [0.4, 0.5) is 0 Å². The summed E-state index contributed by atoms with van der Waals surface area (Å²) in [6.45, 7) is 5.10. The second-order valence-corrected chi connectivity index (χ2v) is 8.36. The summed E-state index contributed by atoms with van der Waals surface area (Å²) in [5.41, 5.74) is 2.35. The molecule has 3 saturated heterocycles. The van der Waals surface area contributed by atoms with Gasteiger partial charge in [0.05, 0.1) is 11.6 Å². The van der Waals surface area contributed by atoms with Crippen LogP contribution in [0.15, 0.2) is 46.9 Å². The number of nitrogens with zero attached hydrogens (tertiary/aromatic N) is 1. The molecule has 3 heterocycles. The van der Waals surface area contributed by atoms with Gasteiger partial charge in [-0.2, -0.15) is 0 Å². The molecule has 1 N–H and O–H groups in total. The van der Waals surface area contributed by atoms with Crippen molar-refractivity contribution in [1.29, 1.82) is 0 Å². The lowest BCUT2D eigenvalue weighted by molar-refractivity contribution is 0.0720. The van der Waals surface area contributed by atoms with Crippen LogP contribution in [0.3, 0.4) is 0 Å². The Morgan fingerprint density at radius 1 is 1.07 bits per heavy atom. The van der Waals surface area contributed by atoms with Gasteiger partial charge in [0, 0.05) is 19.1 Å². The third-order valence-corrected chi connectivity index (χ3v) is 6.33. The molecule has 0 aliphatic carbocycles. The molecule has 2 bridgehead atoms. The fraction of sp³-hybridized carbons (Fsp3) is 0.455. The molecule has 2 aromatic rings. The maximum atomic E-state index is 6.04. The Balaban J connectivity index is 0.00000150. The van der Waals surface area contributed by atoms with Crippen LogP contribution >= 0.6 is 40.7 Å². The van der Waals surface area contributed by atoms with Crippen LogP contribution in [0, 0.1) is 5.92 Å². The zero-order chi connectivity index (χ0) is 18.6. The molecule has 1 unspecified atom stereocenters. The third-order valence-electron chi connectivity index (χ3n) is 5.74. The van der Waals surface area contributed by atoms with Crippen LogP contribution in [0.1, 0.15) is 24.0 Å². The van der Waals surface area contributed by atoms with Gasteiger partial charge < -0.3 is 19.7 Å².